The second-order valence-corrected chi connectivity index (χ2v) is 8.16. The van der Waals surface area contributed by atoms with E-state index in [0.29, 0.717) is 53.9 Å². The summed E-state index contributed by atoms with van der Waals surface area (Å²) in [6, 6.07) is 3.36. The van der Waals surface area contributed by atoms with E-state index >= 15 is 0 Å². The molecule has 4 rings (SSSR count). The molecule has 0 bridgehead atoms. The first-order valence-corrected chi connectivity index (χ1v) is 10.6. The Bertz CT molecular complexity index is 1090. The fourth-order valence-corrected chi connectivity index (χ4v) is 4.12. The lowest BCUT2D eigenvalue weighted by Crippen LogP contribution is -2.35. The van der Waals surface area contributed by atoms with Crippen LogP contribution in [0.15, 0.2) is 22.7 Å². The number of nitrogens with one attached hydrogen (secondary N) is 2. The molecule has 0 spiro atoms. The quantitative estimate of drug-likeness (QED) is 0.324. The van der Waals surface area contributed by atoms with Gasteiger partial charge < -0.3 is 35.1 Å². The number of ether oxygens (including phenoxy) is 1. The minimum absolute atomic E-state index is 0.203. The summed E-state index contributed by atoms with van der Waals surface area (Å²) in [5, 5.41) is 37.6. The molecule has 3 heterocycles. The number of aromatic nitrogens is 3. The van der Waals surface area contributed by atoms with Crippen LogP contribution < -0.4 is 10.6 Å². The number of fused-ring (bicyclic) bond motifs is 1. The molecule has 0 saturated heterocycles. The fourth-order valence-electron chi connectivity index (χ4n) is 4.12. The monoisotopic (exact) mass is 443 g/mol. The van der Waals surface area contributed by atoms with Crippen LogP contribution in [0.25, 0.3) is 22.3 Å². The van der Waals surface area contributed by atoms with Crippen LogP contribution in [-0.2, 0) is 4.74 Å². The van der Waals surface area contributed by atoms with Gasteiger partial charge in [-0.15, -0.1) is 0 Å². The fraction of sp³-hybridized carbons (Fsp3) is 0.500. The molecular formula is C22H29N5O5. The smallest absolute Gasteiger partial charge is 0.224 e. The summed E-state index contributed by atoms with van der Waals surface area (Å²) in [5.74, 6) is 1.04. The summed E-state index contributed by atoms with van der Waals surface area (Å²) in [4.78, 5) is 13.5. The maximum absolute atomic E-state index is 10.5. The van der Waals surface area contributed by atoms with Gasteiger partial charge in [0.1, 0.15) is 17.7 Å². The molecule has 10 heteroatoms. The Balaban J connectivity index is 1.74. The van der Waals surface area contributed by atoms with Crippen molar-refractivity contribution in [3.05, 3.63) is 29.7 Å². The molecule has 0 aliphatic heterocycles. The molecule has 3 aromatic heterocycles. The molecule has 1 aliphatic rings. The number of rotatable bonds is 8. The molecule has 32 heavy (non-hydrogen) atoms. The van der Waals surface area contributed by atoms with Gasteiger partial charge in [0.2, 0.25) is 5.95 Å². The minimum atomic E-state index is -1.04. The third-order valence-electron chi connectivity index (χ3n) is 5.82. The lowest BCUT2D eigenvalue weighted by molar-refractivity contribution is 0.00446. The number of aliphatic hydroxyl groups is 3. The highest BCUT2D eigenvalue weighted by Gasteiger charge is 2.41. The maximum atomic E-state index is 10.5. The molecule has 172 valence electrons. The molecular weight excluding hydrogens is 414 g/mol. The number of hydrogen-bond donors (Lipinski definition) is 5. The standard InChI is InChI=1S/C22H29N5O5/c1-11-6-13-8-16(32-17(13)9-24-11)18-12(2)25-22(23-4-5-31-3)27-21(18)26-15-7-14(10-28)19(29)20(15)30/h6,8-9,14-15,19-20,28-30H,4-5,7,10H2,1-3H3,(H2,23,25,26,27)/t14-,15-,19-,20+/m1/s1. The molecule has 1 saturated carbocycles. The van der Waals surface area contributed by atoms with Crippen LogP contribution in [0.1, 0.15) is 17.8 Å². The number of anilines is 2. The Labute approximate surface area is 185 Å². The molecule has 0 amide bonds. The zero-order chi connectivity index (χ0) is 22.8. The second-order valence-electron chi connectivity index (χ2n) is 8.16. The number of furan rings is 1. The van der Waals surface area contributed by atoms with Gasteiger partial charge in [0.15, 0.2) is 5.58 Å². The summed E-state index contributed by atoms with van der Waals surface area (Å²) >= 11 is 0. The Hall–Kier alpha value is -2.79. The highest BCUT2D eigenvalue weighted by atomic mass is 16.5. The van der Waals surface area contributed by atoms with E-state index in [0.717, 1.165) is 11.1 Å². The molecule has 5 N–H and O–H groups in total. The van der Waals surface area contributed by atoms with E-state index in [4.69, 9.17) is 9.15 Å². The molecule has 0 unspecified atom stereocenters. The van der Waals surface area contributed by atoms with E-state index in [1.165, 1.54) is 0 Å². The molecule has 10 nitrogen and oxygen atoms in total. The van der Waals surface area contributed by atoms with Crippen LogP contribution >= 0.6 is 0 Å². The van der Waals surface area contributed by atoms with E-state index in [1.807, 2.05) is 26.0 Å². The van der Waals surface area contributed by atoms with Crippen molar-refractivity contribution >= 4 is 22.7 Å². The third-order valence-corrected chi connectivity index (χ3v) is 5.82. The minimum Gasteiger partial charge on any atom is -0.454 e. The number of nitrogens with zero attached hydrogens (tertiary/aromatic N) is 3. The summed E-state index contributed by atoms with van der Waals surface area (Å²) in [7, 11) is 1.62. The van der Waals surface area contributed by atoms with Gasteiger partial charge in [0.05, 0.1) is 36.2 Å². The highest BCUT2D eigenvalue weighted by Crippen LogP contribution is 2.37. The normalized spacial score (nSPS) is 23.1. The first-order chi connectivity index (χ1) is 15.4. The average Bonchev–Trinajstić information content (AvgIpc) is 3.29. The SMILES string of the molecule is COCCNc1nc(C)c(-c2cc3cc(C)ncc3o2)c(N[C@@H]2C[C@H](CO)[C@@H](O)[C@H]2O)n1. The van der Waals surface area contributed by atoms with Crippen LogP contribution in [-0.4, -0.2) is 75.4 Å². The molecule has 0 radical (unpaired) electrons. The van der Waals surface area contributed by atoms with Crippen molar-refractivity contribution in [3.63, 3.8) is 0 Å². The number of aryl methyl sites for hydroxylation is 2. The summed E-state index contributed by atoms with van der Waals surface area (Å²) in [6.07, 6.45) is 0.0315. The van der Waals surface area contributed by atoms with Crippen molar-refractivity contribution in [2.24, 2.45) is 5.92 Å². The lowest BCUT2D eigenvalue weighted by atomic mass is 10.1. The Morgan fingerprint density at radius 2 is 2.00 bits per heavy atom. The summed E-state index contributed by atoms with van der Waals surface area (Å²) in [5.41, 5.74) is 2.87. The van der Waals surface area contributed by atoms with Gasteiger partial charge in [-0.3, -0.25) is 4.98 Å². The number of pyridine rings is 1. The predicted molar refractivity (Wildman–Crippen MR) is 119 cm³/mol. The molecule has 4 atom stereocenters. The maximum Gasteiger partial charge on any atom is 0.224 e. The van der Waals surface area contributed by atoms with Gasteiger partial charge in [-0.1, -0.05) is 0 Å². The van der Waals surface area contributed by atoms with Gasteiger partial charge in [-0.05, 0) is 32.4 Å². The first-order valence-electron chi connectivity index (χ1n) is 10.6. The van der Waals surface area contributed by atoms with Gasteiger partial charge in [0, 0.05) is 37.3 Å². The number of hydrogen-bond acceptors (Lipinski definition) is 10. The lowest BCUT2D eigenvalue weighted by Gasteiger charge is -2.21. The van der Waals surface area contributed by atoms with Gasteiger partial charge in [-0.2, -0.15) is 4.98 Å². The van der Waals surface area contributed by atoms with E-state index in [2.05, 4.69) is 25.6 Å². The summed E-state index contributed by atoms with van der Waals surface area (Å²) in [6.45, 7) is 4.59. The van der Waals surface area contributed by atoms with Crippen LogP contribution in [0.3, 0.4) is 0 Å². The zero-order valence-corrected chi connectivity index (χ0v) is 18.4. The Morgan fingerprint density at radius 3 is 2.72 bits per heavy atom. The molecule has 1 fully saturated rings. The predicted octanol–water partition coefficient (Wildman–Crippen LogP) is 1.47. The van der Waals surface area contributed by atoms with E-state index < -0.39 is 24.2 Å². The van der Waals surface area contributed by atoms with Gasteiger partial charge in [-0.25, -0.2) is 4.98 Å². The third kappa shape index (κ3) is 4.40. The van der Waals surface area contributed by atoms with E-state index in [-0.39, 0.29) is 6.61 Å². The topological polar surface area (TPSA) is 146 Å². The largest absolute Gasteiger partial charge is 0.454 e. The Kier molecular flexibility index (Phi) is 6.56. The van der Waals surface area contributed by atoms with Gasteiger partial charge in [0.25, 0.3) is 0 Å². The van der Waals surface area contributed by atoms with Crippen molar-refractivity contribution < 1.29 is 24.5 Å². The van der Waals surface area contributed by atoms with Crippen LogP contribution in [0.5, 0.6) is 0 Å². The van der Waals surface area contributed by atoms with Crippen molar-refractivity contribution in [1.29, 1.82) is 0 Å². The van der Waals surface area contributed by atoms with Crippen LogP contribution in [0, 0.1) is 19.8 Å². The van der Waals surface area contributed by atoms with Crippen molar-refractivity contribution in [2.75, 3.05) is 37.5 Å². The van der Waals surface area contributed by atoms with Gasteiger partial charge >= 0.3 is 0 Å². The molecule has 0 aromatic carbocycles. The average molecular weight is 444 g/mol. The number of methoxy groups -OCH3 is 1. The molecule has 1 aliphatic carbocycles. The Morgan fingerprint density at radius 1 is 1.19 bits per heavy atom. The highest BCUT2D eigenvalue weighted by molar-refractivity contribution is 5.86. The van der Waals surface area contributed by atoms with Crippen LogP contribution in [0.4, 0.5) is 11.8 Å². The summed E-state index contributed by atoms with van der Waals surface area (Å²) < 4.78 is 11.1. The van der Waals surface area contributed by atoms with Crippen LogP contribution in [0.2, 0.25) is 0 Å². The first kappa shape index (κ1) is 22.4. The molecule has 3 aromatic rings. The van der Waals surface area contributed by atoms with Crippen molar-refractivity contribution in [2.45, 2.75) is 38.5 Å². The van der Waals surface area contributed by atoms with Crippen molar-refractivity contribution in [3.8, 4) is 11.3 Å². The van der Waals surface area contributed by atoms with Crippen molar-refractivity contribution in [1.82, 2.24) is 15.0 Å². The zero-order valence-electron chi connectivity index (χ0n) is 18.4. The second kappa shape index (κ2) is 9.37. The van der Waals surface area contributed by atoms with E-state index in [9.17, 15) is 15.3 Å². The number of aliphatic hydroxyl groups excluding tert-OH is 3. The van der Waals surface area contributed by atoms with E-state index in [1.54, 1.807) is 13.3 Å².